The maximum Gasteiger partial charge on any atom is 0.193 e. The predicted molar refractivity (Wildman–Crippen MR) is 71.1 cm³/mol. The van der Waals surface area contributed by atoms with E-state index >= 15 is 0 Å². The number of ketones is 1. The zero-order chi connectivity index (χ0) is 12.4. The molecule has 17 heavy (non-hydrogen) atoms. The lowest BCUT2D eigenvalue weighted by atomic mass is 9.99. The highest BCUT2D eigenvalue weighted by Gasteiger charge is 2.12. The molecule has 2 aromatic carbocycles. The Kier molecular flexibility index (Phi) is 3.51. The van der Waals surface area contributed by atoms with Gasteiger partial charge in [0.25, 0.3) is 0 Å². The van der Waals surface area contributed by atoms with E-state index in [-0.39, 0.29) is 5.78 Å². The SMILES string of the molecule is Cc1c(Cl)cccc1C(=O)c1ccc(Cl)cc1. The fourth-order valence-electron chi connectivity index (χ4n) is 1.61. The van der Waals surface area contributed by atoms with Gasteiger partial charge in [0.05, 0.1) is 0 Å². The zero-order valence-corrected chi connectivity index (χ0v) is 10.7. The zero-order valence-electron chi connectivity index (χ0n) is 9.21. The Balaban J connectivity index is 2.44. The molecule has 0 aromatic heterocycles. The maximum absolute atomic E-state index is 12.2. The first kappa shape index (κ1) is 12.2. The second-order valence-corrected chi connectivity index (χ2v) is 4.59. The normalized spacial score (nSPS) is 10.3. The highest BCUT2D eigenvalue weighted by Crippen LogP contribution is 2.22. The van der Waals surface area contributed by atoms with Gasteiger partial charge in [0.15, 0.2) is 5.78 Å². The van der Waals surface area contributed by atoms with Crippen molar-refractivity contribution in [1.29, 1.82) is 0 Å². The predicted octanol–water partition coefficient (Wildman–Crippen LogP) is 4.53. The number of carbonyl (C=O) groups is 1. The summed E-state index contributed by atoms with van der Waals surface area (Å²) in [7, 11) is 0. The van der Waals surface area contributed by atoms with Crippen molar-refractivity contribution in [2.75, 3.05) is 0 Å². The lowest BCUT2D eigenvalue weighted by Gasteiger charge is -2.06. The third-order valence-corrected chi connectivity index (χ3v) is 3.28. The molecule has 0 fully saturated rings. The molecular formula is C14H10Cl2O. The molecule has 2 rings (SSSR count). The van der Waals surface area contributed by atoms with Crippen LogP contribution in [0.2, 0.25) is 10.0 Å². The molecule has 0 N–H and O–H groups in total. The van der Waals surface area contributed by atoms with Gasteiger partial charge in [0, 0.05) is 21.2 Å². The van der Waals surface area contributed by atoms with Crippen LogP contribution in [0.25, 0.3) is 0 Å². The molecule has 0 aliphatic carbocycles. The Morgan fingerprint density at radius 2 is 1.65 bits per heavy atom. The molecule has 0 saturated carbocycles. The van der Waals surface area contributed by atoms with E-state index in [1.807, 2.05) is 6.92 Å². The molecule has 0 atom stereocenters. The Bertz CT molecular complexity index is 559. The van der Waals surface area contributed by atoms with Crippen molar-refractivity contribution in [3.8, 4) is 0 Å². The van der Waals surface area contributed by atoms with Gasteiger partial charge in [0.2, 0.25) is 0 Å². The molecule has 0 unspecified atom stereocenters. The van der Waals surface area contributed by atoms with Crippen molar-refractivity contribution < 1.29 is 4.79 Å². The van der Waals surface area contributed by atoms with Crippen molar-refractivity contribution in [3.05, 3.63) is 69.2 Å². The smallest absolute Gasteiger partial charge is 0.193 e. The van der Waals surface area contributed by atoms with Crippen molar-refractivity contribution in [2.45, 2.75) is 6.92 Å². The van der Waals surface area contributed by atoms with Gasteiger partial charge in [0.1, 0.15) is 0 Å². The molecule has 0 spiro atoms. The van der Waals surface area contributed by atoms with Crippen LogP contribution in [0.3, 0.4) is 0 Å². The number of hydrogen-bond donors (Lipinski definition) is 0. The van der Waals surface area contributed by atoms with Crippen molar-refractivity contribution in [2.24, 2.45) is 0 Å². The Hall–Kier alpha value is -1.31. The van der Waals surface area contributed by atoms with Crippen LogP contribution in [0.15, 0.2) is 42.5 Å². The van der Waals surface area contributed by atoms with Crippen LogP contribution in [-0.4, -0.2) is 5.78 Å². The summed E-state index contributed by atoms with van der Waals surface area (Å²) in [5.74, 6) is -0.0401. The third-order valence-electron chi connectivity index (χ3n) is 2.62. The molecule has 1 nitrogen and oxygen atoms in total. The summed E-state index contributed by atoms with van der Waals surface area (Å²) >= 11 is 11.8. The monoisotopic (exact) mass is 264 g/mol. The lowest BCUT2D eigenvalue weighted by Crippen LogP contribution is -2.03. The van der Waals surface area contributed by atoms with Crippen molar-refractivity contribution in [3.63, 3.8) is 0 Å². The van der Waals surface area contributed by atoms with Gasteiger partial charge in [-0.05, 0) is 42.8 Å². The largest absolute Gasteiger partial charge is 0.289 e. The number of carbonyl (C=O) groups excluding carboxylic acids is 1. The minimum atomic E-state index is -0.0401. The highest BCUT2D eigenvalue weighted by molar-refractivity contribution is 6.32. The molecule has 3 heteroatoms. The number of halogens is 2. The van der Waals surface area contributed by atoms with E-state index in [1.54, 1.807) is 42.5 Å². The van der Waals surface area contributed by atoms with Crippen LogP contribution in [0.4, 0.5) is 0 Å². The Labute approximate surface area is 110 Å². The molecule has 0 amide bonds. The molecule has 2 aromatic rings. The summed E-state index contributed by atoms with van der Waals surface area (Å²) < 4.78 is 0. The second-order valence-electron chi connectivity index (χ2n) is 3.75. The average Bonchev–Trinajstić information content (AvgIpc) is 2.33. The summed E-state index contributed by atoms with van der Waals surface area (Å²) in [5, 5.41) is 1.22. The minimum absolute atomic E-state index is 0.0401. The van der Waals surface area contributed by atoms with Crippen LogP contribution < -0.4 is 0 Å². The van der Waals surface area contributed by atoms with Gasteiger partial charge in [-0.25, -0.2) is 0 Å². The van der Waals surface area contributed by atoms with E-state index in [0.29, 0.717) is 21.2 Å². The molecule has 0 bridgehead atoms. The van der Waals surface area contributed by atoms with E-state index in [2.05, 4.69) is 0 Å². The third kappa shape index (κ3) is 2.51. The molecular weight excluding hydrogens is 255 g/mol. The van der Waals surface area contributed by atoms with Gasteiger partial charge in [-0.2, -0.15) is 0 Å². The Morgan fingerprint density at radius 3 is 2.29 bits per heavy atom. The Morgan fingerprint density at radius 1 is 1.00 bits per heavy atom. The average molecular weight is 265 g/mol. The molecule has 86 valence electrons. The summed E-state index contributed by atoms with van der Waals surface area (Å²) in [5.41, 5.74) is 2.04. The topological polar surface area (TPSA) is 17.1 Å². The van der Waals surface area contributed by atoms with E-state index < -0.39 is 0 Å². The molecule has 0 aliphatic heterocycles. The van der Waals surface area contributed by atoms with Crippen LogP contribution in [0.1, 0.15) is 21.5 Å². The lowest BCUT2D eigenvalue weighted by molar-refractivity contribution is 0.103. The van der Waals surface area contributed by atoms with E-state index in [4.69, 9.17) is 23.2 Å². The van der Waals surface area contributed by atoms with Gasteiger partial charge >= 0.3 is 0 Å². The van der Waals surface area contributed by atoms with Crippen molar-refractivity contribution in [1.82, 2.24) is 0 Å². The van der Waals surface area contributed by atoms with Gasteiger partial charge in [-0.15, -0.1) is 0 Å². The van der Waals surface area contributed by atoms with Gasteiger partial charge in [-0.1, -0.05) is 35.3 Å². The first-order valence-electron chi connectivity index (χ1n) is 5.15. The summed E-state index contributed by atoms with van der Waals surface area (Å²) in [6.45, 7) is 1.84. The van der Waals surface area contributed by atoms with E-state index in [0.717, 1.165) is 5.56 Å². The van der Waals surface area contributed by atoms with Crippen LogP contribution >= 0.6 is 23.2 Å². The standard InChI is InChI=1S/C14H10Cl2O/c1-9-12(3-2-4-13(9)16)14(17)10-5-7-11(15)8-6-10/h2-8H,1H3. The van der Waals surface area contributed by atoms with Crippen LogP contribution in [-0.2, 0) is 0 Å². The number of rotatable bonds is 2. The second kappa shape index (κ2) is 4.91. The quantitative estimate of drug-likeness (QED) is 0.729. The van der Waals surface area contributed by atoms with Gasteiger partial charge in [-0.3, -0.25) is 4.79 Å². The number of benzene rings is 2. The highest BCUT2D eigenvalue weighted by atomic mass is 35.5. The summed E-state index contributed by atoms with van der Waals surface area (Å²) in [4.78, 5) is 12.2. The fourth-order valence-corrected chi connectivity index (χ4v) is 1.91. The van der Waals surface area contributed by atoms with E-state index in [9.17, 15) is 4.79 Å². The minimum Gasteiger partial charge on any atom is -0.289 e. The number of hydrogen-bond acceptors (Lipinski definition) is 1. The molecule has 0 radical (unpaired) electrons. The molecule has 0 saturated heterocycles. The first-order chi connectivity index (χ1) is 8.09. The summed E-state index contributed by atoms with van der Waals surface area (Å²) in [6.07, 6.45) is 0. The molecule has 0 heterocycles. The van der Waals surface area contributed by atoms with Crippen molar-refractivity contribution >= 4 is 29.0 Å². The van der Waals surface area contributed by atoms with Gasteiger partial charge < -0.3 is 0 Å². The maximum atomic E-state index is 12.2. The molecule has 0 aliphatic rings. The summed E-state index contributed by atoms with van der Waals surface area (Å²) in [6, 6.07) is 12.2. The van der Waals surface area contributed by atoms with Crippen LogP contribution in [0.5, 0.6) is 0 Å². The first-order valence-corrected chi connectivity index (χ1v) is 5.90. The fraction of sp³-hybridized carbons (Fsp3) is 0.0714. The van der Waals surface area contributed by atoms with Crippen LogP contribution in [0, 0.1) is 6.92 Å². The van der Waals surface area contributed by atoms with E-state index in [1.165, 1.54) is 0 Å².